The first-order valence-electron chi connectivity index (χ1n) is 7.18. The smallest absolute Gasteiger partial charge is 0.306 e. The van der Waals surface area contributed by atoms with Gasteiger partial charge in [-0.05, 0) is 24.3 Å². The monoisotopic (exact) mass is 357 g/mol. The summed E-state index contributed by atoms with van der Waals surface area (Å²) in [7, 11) is -2.36. The van der Waals surface area contributed by atoms with E-state index in [0.717, 1.165) is 0 Å². The van der Waals surface area contributed by atoms with Gasteiger partial charge in [0.2, 0.25) is 10.0 Å². The van der Waals surface area contributed by atoms with E-state index in [1.165, 1.54) is 43.5 Å². The molecule has 1 aliphatic rings. The molecule has 0 saturated carbocycles. The molecule has 0 bridgehead atoms. The van der Waals surface area contributed by atoms with Crippen LogP contribution in [0.15, 0.2) is 41.3 Å². The predicted octanol–water partition coefficient (Wildman–Crippen LogP) is 0.133. The van der Waals surface area contributed by atoms with Gasteiger partial charge in [-0.25, -0.2) is 13.1 Å². The molecule has 3 N–H and O–H groups in total. The molecule has 0 aromatic heterocycles. The van der Waals surface area contributed by atoms with Crippen LogP contribution < -0.4 is 9.46 Å². The fourth-order valence-electron chi connectivity index (χ4n) is 2.28. The van der Waals surface area contributed by atoms with Gasteiger partial charge < -0.3 is 19.7 Å². The molecule has 0 fully saturated rings. The summed E-state index contributed by atoms with van der Waals surface area (Å²) in [4.78, 5) is 10.8. The SMILES string of the molecule is COc1ccc(S(=O)(=O)N[C@@H]2C=C[C@H](CC(=O)O)O[C@H]2CO)cc1. The topological polar surface area (TPSA) is 122 Å². The van der Waals surface area contributed by atoms with E-state index in [0.29, 0.717) is 5.75 Å². The largest absolute Gasteiger partial charge is 0.497 e. The first kappa shape index (κ1) is 18.4. The fraction of sp³-hybridized carbons (Fsp3) is 0.400. The molecule has 1 aromatic rings. The zero-order chi connectivity index (χ0) is 17.7. The van der Waals surface area contributed by atoms with Crippen molar-refractivity contribution >= 4 is 16.0 Å². The van der Waals surface area contributed by atoms with Crippen molar-refractivity contribution in [3.8, 4) is 5.75 Å². The van der Waals surface area contributed by atoms with Gasteiger partial charge >= 0.3 is 5.97 Å². The molecule has 8 nitrogen and oxygen atoms in total. The molecule has 0 aliphatic carbocycles. The second kappa shape index (κ2) is 7.75. The van der Waals surface area contributed by atoms with Gasteiger partial charge in [0, 0.05) is 0 Å². The van der Waals surface area contributed by atoms with Gasteiger partial charge in [0.25, 0.3) is 0 Å². The number of ether oxygens (including phenoxy) is 2. The van der Waals surface area contributed by atoms with Gasteiger partial charge in [0.15, 0.2) is 0 Å². The normalized spacial score (nSPS) is 23.8. The van der Waals surface area contributed by atoms with E-state index in [2.05, 4.69) is 4.72 Å². The van der Waals surface area contributed by atoms with Crippen molar-refractivity contribution in [1.82, 2.24) is 4.72 Å². The number of benzene rings is 1. The lowest BCUT2D eigenvalue weighted by molar-refractivity contribution is -0.141. The maximum absolute atomic E-state index is 12.4. The number of hydrogen-bond acceptors (Lipinski definition) is 6. The fourth-order valence-corrected chi connectivity index (χ4v) is 3.50. The van der Waals surface area contributed by atoms with Crippen molar-refractivity contribution in [2.24, 2.45) is 0 Å². The average molecular weight is 357 g/mol. The molecule has 1 heterocycles. The first-order chi connectivity index (χ1) is 11.4. The van der Waals surface area contributed by atoms with Crippen LogP contribution in [0.25, 0.3) is 0 Å². The highest BCUT2D eigenvalue weighted by molar-refractivity contribution is 7.89. The number of methoxy groups -OCH3 is 1. The van der Waals surface area contributed by atoms with Gasteiger partial charge in [-0.15, -0.1) is 0 Å². The molecular weight excluding hydrogens is 338 g/mol. The van der Waals surface area contributed by atoms with Crippen molar-refractivity contribution in [2.45, 2.75) is 29.6 Å². The van der Waals surface area contributed by atoms with Crippen LogP contribution in [0, 0.1) is 0 Å². The van der Waals surface area contributed by atoms with Crippen LogP contribution in [0.4, 0.5) is 0 Å². The van der Waals surface area contributed by atoms with Crippen LogP contribution in [-0.2, 0) is 19.6 Å². The maximum atomic E-state index is 12.4. The zero-order valence-corrected chi connectivity index (χ0v) is 13.8. The molecule has 9 heteroatoms. The van der Waals surface area contributed by atoms with Gasteiger partial charge in [-0.1, -0.05) is 12.2 Å². The number of hydrogen-bond donors (Lipinski definition) is 3. The molecule has 0 radical (unpaired) electrons. The molecule has 0 saturated heterocycles. The quantitative estimate of drug-likeness (QED) is 0.593. The van der Waals surface area contributed by atoms with Crippen LogP contribution in [0.3, 0.4) is 0 Å². The van der Waals surface area contributed by atoms with E-state index in [9.17, 15) is 18.3 Å². The number of carboxylic acids is 1. The van der Waals surface area contributed by atoms with Gasteiger partial charge in [-0.3, -0.25) is 4.79 Å². The number of nitrogens with one attached hydrogen (secondary N) is 1. The van der Waals surface area contributed by atoms with E-state index in [1.54, 1.807) is 0 Å². The van der Waals surface area contributed by atoms with E-state index < -0.39 is 40.8 Å². The Bertz CT molecular complexity index is 699. The van der Waals surface area contributed by atoms with Gasteiger partial charge in [0.05, 0.1) is 37.2 Å². The lowest BCUT2D eigenvalue weighted by Crippen LogP contribution is -2.48. The third-order valence-electron chi connectivity index (χ3n) is 3.50. The Hall–Kier alpha value is -1.94. The molecule has 3 atom stereocenters. The van der Waals surface area contributed by atoms with Crippen LogP contribution in [0.2, 0.25) is 0 Å². The summed E-state index contributed by atoms with van der Waals surface area (Å²) in [5.74, 6) is -0.516. The van der Waals surface area contributed by atoms with Crippen molar-refractivity contribution in [3.05, 3.63) is 36.4 Å². The summed E-state index contributed by atoms with van der Waals surface area (Å²) in [5, 5.41) is 18.2. The third kappa shape index (κ3) is 4.54. The Kier molecular flexibility index (Phi) is 5.94. The molecule has 2 rings (SSSR count). The van der Waals surface area contributed by atoms with Gasteiger partial charge in [0.1, 0.15) is 11.9 Å². The lowest BCUT2D eigenvalue weighted by atomic mass is 10.1. The third-order valence-corrected chi connectivity index (χ3v) is 4.98. The van der Waals surface area contributed by atoms with Crippen LogP contribution in [-0.4, -0.2) is 56.6 Å². The van der Waals surface area contributed by atoms with E-state index >= 15 is 0 Å². The number of aliphatic hydroxyl groups is 1. The molecule has 0 spiro atoms. The Labute approximate surface area is 139 Å². The Morgan fingerprint density at radius 3 is 2.50 bits per heavy atom. The number of sulfonamides is 1. The second-order valence-electron chi connectivity index (χ2n) is 5.20. The Balaban J connectivity index is 2.13. The highest BCUT2D eigenvalue weighted by Gasteiger charge is 2.31. The minimum Gasteiger partial charge on any atom is -0.497 e. The summed E-state index contributed by atoms with van der Waals surface area (Å²) < 4.78 is 37.6. The van der Waals surface area contributed by atoms with Crippen LogP contribution >= 0.6 is 0 Å². The van der Waals surface area contributed by atoms with Crippen molar-refractivity contribution in [2.75, 3.05) is 13.7 Å². The summed E-state index contributed by atoms with van der Waals surface area (Å²) in [6.07, 6.45) is 1.14. The maximum Gasteiger partial charge on any atom is 0.306 e. The number of aliphatic carboxylic acids is 1. The van der Waals surface area contributed by atoms with Crippen molar-refractivity contribution in [3.63, 3.8) is 0 Å². The van der Waals surface area contributed by atoms with E-state index in [1.807, 2.05) is 0 Å². The standard InChI is InChI=1S/C15H19NO7S/c1-22-10-2-5-12(6-3-10)24(20,21)16-13-7-4-11(8-15(18)19)23-14(13)9-17/h2-7,11,13-14,16-17H,8-9H2,1H3,(H,18,19)/t11-,13-,14+/m1/s1. The van der Waals surface area contributed by atoms with Crippen molar-refractivity contribution in [1.29, 1.82) is 0 Å². The van der Waals surface area contributed by atoms with E-state index in [-0.39, 0.29) is 11.3 Å². The summed E-state index contributed by atoms with van der Waals surface area (Å²) in [6.45, 7) is -0.448. The molecule has 24 heavy (non-hydrogen) atoms. The molecule has 1 aliphatic heterocycles. The molecular formula is C15H19NO7S. The highest BCUT2D eigenvalue weighted by atomic mass is 32.2. The second-order valence-corrected chi connectivity index (χ2v) is 6.91. The summed E-state index contributed by atoms with van der Waals surface area (Å²) >= 11 is 0. The molecule has 132 valence electrons. The minimum atomic E-state index is -3.83. The number of rotatable bonds is 7. The highest BCUT2D eigenvalue weighted by Crippen LogP contribution is 2.19. The average Bonchev–Trinajstić information content (AvgIpc) is 2.55. The van der Waals surface area contributed by atoms with E-state index in [4.69, 9.17) is 14.6 Å². The molecule has 1 aromatic carbocycles. The number of aliphatic hydroxyl groups excluding tert-OH is 1. The zero-order valence-electron chi connectivity index (χ0n) is 13.0. The summed E-state index contributed by atoms with van der Waals surface area (Å²) in [6, 6.07) is 5.04. The van der Waals surface area contributed by atoms with Gasteiger partial charge in [-0.2, -0.15) is 0 Å². The van der Waals surface area contributed by atoms with Crippen LogP contribution in [0.5, 0.6) is 5.75 Å². The predicted molar refractivity (Wildman–Crippen MR) is 84.2 cm³/mol. The number of carbonyl (C=O) groups is 1. The number of carboxylic acid groups (broad SMARTS) is 1. The minimum absolute atomic E-state index is 0.0426. The lowest BCUT2D eigenvalue weighted by Gasteiger charge is -2.31. The molecule has 0 amide bonds. The molecule has 0 unspecified atom stereocenters. The Morgan fingerprint density at radius 1 is 1.29 bits per heavy atom. The Morgan fingerprint density at radius 2 is 1.96 bits per heavy atom. The van der Waals surface area contributed by atoms with Crippen LogP contribution in [0.1, 0.15) is 6.42 Å². The summed E-state index contributed by atoms with van der Waals surface area (Å²) in [5.41, 5.74) is 0. The van der Waals surface area contributed by atoms with Crippen molar-refractivity contribution < 1.29 is 32.9 Å². The first-order valence-corrected chi connectivity index (χ1v) is 8.67.